The number of amides is 4. The van der Waals surface area contributed by atoms with Crippen molar-refractivity contribution < 1.29 is 22.8 Å². The standard InChI is InChI=1S/C17H27N3O5S/c1-3-19(13-7-9-26(24,25)11-13)14(21)10-20-15(22)17(18-16(20)23)8-5-4-6-12(17)2/h12-13H,3-11H2,1-2H3,(H,18,23). The Morgan fingerprint density at radius 1 is 1.31 bits per heavy atom. The van der Waals surface area contributed by atoms with Gasteiger partial charge in [-0.05, 0) is 32.1 Å². The molecule has 0 aromatic heterocycles. The fraction of sp³-hybridized carbons (Fsp3) is 0.824. The van der Waals surface area contributed by atoms with Crippen LogP contribution in [-0.4, -0.2) is 72.2 Å². The van der Waals surface area contributed by atoms with E-state index in [1.54, 1.807) is 6.92 Å². The summed E-state index contributed by atoms with van der Waals surface area (Å²) >= 11 is 0. The van der Waals surface area contributed by atoms with Crippen molar-refractivity contribution in [3.63, 3.8) is 0 Å². The number of carbonyl (C=O) groups is 3. The molecular formula is C17H27N3O5S. The normalized spacial score (nSPS) is 33.5. The third-order valence-corrected chi connectivity index (χ3v) is 7.86. The predicted octanol–water partition coefficient (Wildman–Crippen LogP) is 0.523. The van der Waals surface area contributed by atoms with E-state index in [-0.39, 0.29) is 41.8 Å². The Hall–Kier alpha value is -1.64. The summed E-state index contributed by atoms with van der Waals surface area (Å²) in [7, 11) is -3.12. The first-order chi connectivity index (χ1) is 12.2. The molecule has 9 heteroatoms. The molecule has 3 atom stereocenters. The topological polar surface area (TPSA) is 104 Å². The Balaban J connectivity index is 1.72. The van der Waals surface area contributed by atoms with Crippen LogP contribution in [0.3, 0.4) is 0 Å². The molecule has 1 saturated carbocycles. The molecule has 0 bridgehead atoms. The highest BCUT2D eigenvalue weighted by Crippen LogP contribution is 2.38. The van der Waals surface area contributed by atoms with Crippen LogP contribution in [0.15, 0.2) is 0 Å². The van der Waals surface area contributed by atoms with E-state index in [0.29, 0.717) is 19.4 Å². The van der Waals surface area contributed by atoms with Crippen molar-refractivity contribution >= 4 is 27.7 Å². The van der Waals surface area contributed by atoms with Gasteiger partial charge >= 0.3 is 6.03 Å². The molecule has 3 fully saturated rings. The number of sulfone groups is 1. The average Bonchev–Trinajstić information content (AvgIpc) is 3.04. The highest BCUT2D eigenvalue weighted by atomic mass is 32.2. The third kappa shape index (κ3) is 3.21. The van der Waals surface area contributed by atoms with Gasteiger partial charge in [0.15, 0.2) is 9.84 Å². The Morgan fingerprint density at radius 3 is 2.62 bits per heavy atom. The number of likely N-dealkylation sites (N-methyl/N-ethyl adjacent to an activating group) is 1. The maximum atomic E-state index is 12.9. The van der Waals surface area contributed by atoms with Crippen LogP contribution >= 0.6 is 0 Å². The summed E-state index contributed by atoms with van der Waals surface area (Å²) in [5, 5.41) is 2.83. The number of hydrogen-bond acceptors (Lipinski definition) is 5. The molecule has 1 spiro atoms. The first-order valence-corrected chi connectivity index (χ1v) is 11.2. The lowest BCUT2D eigenvalue weighted by Crippen LogP contribution is -2.54. The van der Waals surface area contributed by atoms with E-state index in [4.69, 9.17) is 0 Å². The Kier molecular flexibility index (Phi) is 5.02. The second-order valence-corrected chi connectivity index (χ2v) is 9.90. The lowest BCUT2D eigenvalue weighted by atomic mass is 9.73. The van der Waals surface area contributed by atoms with Crippen LogP contribution in [0, 0.1) is 5.92 Å². The molecular weight excluding hydrogens is 358 g/mol. The minimum Gasteiger partial charge on any atom is -0.337 e. The van der Waals surface area contributed by atoms with Crippen molar-refractivity contribution in [3.8, 4) is 0 Å². The molecule has 0 radical (unpaired) electrons. The maximum absolute atomic E-state index is 12.9. The van der Waals surface area contributed by atoms with Crippen molar-refractivity contribution in [1.29, 1.82) is 0 Å². The van der Waals surface area contributed by atoms with E-state index in [1.807, 2.05) is 6.92 Å². The molecule has 4 amide bonds. The van der Waals surface area contributed by atoms with Gasteiger partial charge in [-0.2, -0.15) is 0 Å². The Morgan fingerprint density at radius 2 is 2.04 bits per heavy atom. The fourth-order valence-electron chi connectivity index (χ4n) is 4.52. The summed E-state index contributed by atoms with van der Waals surface area (Å²) in [5.74, 6) is -0.634. The van der Waals surface area contributed by atoms with Gasteiger partial charge in [-0.15, -0.1) is 0 Å². The molecule has 0 aromatic rings. The van der Waals surface area contributed by atoms with Crippen LogP contribution in [0.2, 0.25) is 0 Å². The SMILES string of the molecule is CCN(C(=O)CN1C(=O)NC2(CCCCC2C)C1=O)C1CCS(=O)(=O)C1. The molecule has 1 aliphatic carbocycles. The Bertz CT molecular complexity index is 722. The van der Waals surface area contributed by atoms with E-state index in [0.717, 1.165) is 24.2 Å². The zero-order valence-corrected chi connectivity index (χ0v) is 16.2. The van der Waals surface area contributed by atoms with E-state index < -0.39 is 21.4 Å². The van der Waals surface area contributed by atoms with Gasteiger partial charge in [-0.1, -0.05) is 19.8 Å². The summed E-state index contributed by atoms with van der Waals surface area (Å²) in [5.41, 5.74) is -0.886. The van der Waals surface area contributed by atoms with Crippen molar-refractivity contribution in [2.75, 3.05) is 24.6 Å². The lowest BCUT2D eigenvalue weighted by Gasteiger charge is -2.37. The molecule has 2 heterocycles. The van der Waals surface area contributed by atoms with Crippen molar-refractivity contribution in [3.05, 3.63) is 0 Å². The molecule has 26 heavy (non-hydrogen) atoms. The summed E-state index contributed by atoms with van der Waals surface area (Å²) in [6.07, 6.45) is 3.78. The van der Waals surface area contributed by atoms with Gasteiger partial charge in [0.1, 0.15) is 12.1 Å². The average molecular weight is 385 g/mol. The second kappa shape index (κ2) is 6.83. The van der Waals surface area contributed by atoms with Crippen LogP contribution in [0.25, 0.3) is 0 Å². The number of carbonyl (C=O) groups excluding carboxylic acids is 3. The van der Waals surface area contributed by atoms with E-state index in [2.05, 4.69) is 5.32 Å². The quantitative estimate of drug-likeness (QED) is 0.711. The largest absolute Gasteiger partial charge is 0.337 e. The maximum Gasteiger partial charge on any atom is 0.325 e. The number of imide groups is 1. The first-order valence-electron chi connectivity index (χ1n) is 9.34. The van der Waals surface area contributed by atoms with Crippen molar-refractivity contribution in [2.45, 2.75) is 57.5 Å². The monoisotopic (exact) mass is 385 g/mol. The Labute approximate surface area is 154 Å². The predicted molar refractivity (Wildman–Crippen MR) is 95.1 cm³/mol. The van der Waals surface area contributed by atoms with Crippen LogP contribution in [0.5, 0.6) is 0 Å². The van der Waals surface area contributed by atoms with Gasteiger partial charge in [0, 0.05) is 12.6 Å². The molecule has 8 nitrogen and oxygen atoms in total. The third-order valence-electron chi connectivity index (χ3n) is 6.11. The molecule has 3 unspecified atom stereocenters. The van der Waals surface area contributed by atoms with E-state index in [9.17, 15) is 22.8 Å². The van der Waals surface area contributed by atoms with Gasteiger partial charge in [0.05, 0.1) is 11.5 Å². The first kappa shape index (κ1) is 19.1. The highest BCUT2D eigenvalue weighted by molar-refractivity contribution is 7.91. The van der Waals surface area contributed by atoms with Gasteiger partial charge in [0.2, 0.25) is 5.91 Å². The summed E-state index contributed by atoms with van der Waals surface area (Å²) in [4.78, 5) is 40.6. The van der Waals surface area contributed by atoms with Crippen LogP contribution < -0.4 is 5.32 Å². The second-order valence-electron chi connectivity index (χ2n) is 7.68. The zero-order valence-electron chi connectivity index (χ0n) is 15.4. The minimum absolute atomic E-state index is 0.0371. The molecule has 3 rings (SSSR count). The van der Waals surface area contributed by atoms with Gasteiger partial charge in [-0.3, -0.25) is 14.5 Å². The smallest absolute Gasteiger partial charge is 0.325 e. The summed E-state index contributed by atoms with van der Waals surface area (Å²) in [6.45, 7) is 3.76. The lowest BCUT2D eigenvalue weighted by molar-refractivity contribution is -0.141. The van der Waals surface area contributed by atoms with Gasteiger partial charge < -0.3 is 10.2 Å². The van der Waals surface area contributed by atoms with E-state index in [1.165, 1.54) is 4.90 Å². The molecule has 2 aliphatic heterocycles. The highest BCUT2D eigenvalue weighted by Gasteiger charge is 2.55. The zero-order chi connectivity index (χ0) is 19.1. The van der Waals surface area contributed by atoms with Crippen molar-refractivity contribution in [2.24, 2.45) is 5.92 Å². The van der Waals surface area contributed by atoms with Gasteiger partial charge in [0.25, 0.3) is 5.91 Å². The summed E-state index contributed by atoms with van der Waals surface area (Å²) < 4.78 is 23.4. The van der Waals surface area contributed by atoms with Gasteiger partial charge in [-0.25, -0.2) is 13.2 Å². The van der Waals surface area contributed by atoms with Crippen LogP contribution in [0.1, 0.15) is 46.0 Å². The molecule has 0 aromatic carbocycles. The number of urea groups is 1. The number of nitrogens with zero attached hydrogens (tertiary/aromatic N) is 2. The number of rotatable bonds is 4. The fourth-order valence-corrected chi connectivity index (χ4v) is 6.26. The van der Waals surface area contributed by atoms with Crippen LogP contribution in [0.4, 0.5) is 4.79 Å². The molecule has 146 valence electrons. The van der Waals surface area contributed by atoms with Crippen LogP contribution in [-0.2, 0) is 19.4 Å². The molecule has 3 aliphatic rings. The van der Waals surface area contributed by atoms with Crippen molar-refractivity contribution in [1.82, 2.24) is 15.1 Å². The minimum atomic E-state index is -3.12. The number of hydrogen-bond donors (Lipinski definition) is 1. The summed E-state index contributed by atoms with van der Waals surface area (Å²) in [6, 6.07) is -0.895. The molecule has 1 N–H and O–H groups in total. The molecule has 2 saturated heterocycles. The van der Waals surface area contributed by atoms with E-state index >= 15 is 0 Å². The number of nitrogens with one attached hydrogen (secondary N) is 1.